The normalized spacial score (nSPS) is 20.5. The van der Waals surface area contributed by atoms with Gasteiger partial charge in [0.05, 0.1) is 12.5 Å². The van der Waals surface area contributed by atoms with Crippen molar-refractivity contribution in [3.8, 4) is 5.75 Å². The van der Waals surface area contributed by atoms with Crippen molar-refractivity contribution in [1.82, 2.24) is 20.8 Å². The fourth-order valence-electron chi connectivity index (χ4n) is 3.50. The molecular weight excluding hydrogens is 434 g/mol. The van der Waals surface area contributed by atoms with Gasteiger partial charge in [-0.15, -0.1) is 4.28 Å². The van der Waals surface area contributed by atoms with Crippen LogP contribution in [0.4, 0.5) is 4.79 Å². The van der Waals surface area contributed by atoms with Crippen molar-refractivity contribution >= 4 is 28.2 Å². The number of hydrogen-bond acceptors (Lipinski definition) is 8. The molecule has 5 N–H and O–H groups in total. The number of hydrogen-bond donors (Lipinski definition) is 4. The van der Waals surface area contributed by atoms with Gasteiger partial charge in [-0.25, -0.2) is 4.79 Å². The predicted octanol–water partition coefficient (Wildman–Crippen LogP) is -1.28. The first-order valence-electron chi connectivity index (χ1n) is 9.46. The van der Waals surface area contributed by atoms with Crippen LogP contribution in [0.15, 0.2) is 24.3 Å². The number of nitrogens with two attached hydrogens (primary N) is 1. The number of nitrogens with one attached hydrogen (secondary N) is 2. The van der Waals surface area contributed by atoms with Gasteiger partial charge in [0.2, 0.25) is 5.91 Å². The van der Waals surface area contributed by atoms with Crippen LogP contribution in [0.5, 0.6) is 5.75 Å². The van der Waals surface area contributed by atoms with E-state index in [-0.39, 0.29) is 25.8 Å². The van der Waals surface area contributed by atoms with Crippen molar-refractivity contribution in [2.45, 2.75) is 31.3 Å². The molecule has 1 aromatic carbocycles. The van der Waals surface area contributed by atoms with E-state index in [4.69, 9.17) is 15.0 Å². The van der Waals surface area contributed by atoms with Gasteiger partial charge in [-0.2, -0.15) is 13.5 Å². The molecule has 3 rings (SSSR count). The van der Waals surface area contributed by atoms with Crippen LogP contribution in [0.2, 0.25) is 0 Å². The van der Waals surface area contributed by atoms with Crippen molar-refractivity contribution in [3.05, 3.63) is 29.8 Å². The lowest BCUT2D eigenvalue weighted by atomic mass is 10.0. The third-order valence-corrected chi connectivity index (χ3v) is 5.17. The zero-order valence-corrected chi connectivity index (χ0v) is 17.2. The minimum atomic E-state index is -4.87. The fraction of sp³-hybridized carbons (Fsp3) is 0.471. The van der Waals surface area contributed by atoms with Gasteiger partial charge in [-0.1, -0.05) is 18.2 Å². The molecule has 31 heavy (non-hydrogen) atoms. The first-order chi connectivity index (χ1) is 14.7. The second kappa shape index (κ2) is 9.47. The molecule has 14 heteroatoms. The predicted molar refractivity (Wildman–Crippen MR) is 104 cm³/mol. The molecule has 13 nitrogen and oxygen atoms in total. The van der Waals surface area contributed by atoms with E-state index < -0.39 is 40.3 Å². The van der Waals surface area contributed by atoms with Crippen LogP contribution in [-0.2, 0) is 30.7 Å². The maximum absolute atomic E-state index is 12.5. The lowest BCUT2D eigenvalue weighted by Gasteiger charge is -2.29. The summed E-state index contributed by atoms with van der Waals surface area (Å²) < 4.78 is 40.5. The maximum Gasteiger partial charge on any atom is 0.418 e. The van der Waals surface area contributed by atoms with Gasteiger partial charge in [-0.3, -0.25) is 25.0 Å². The Morgan fingerprint density at radius 3 is 2.68 bits per heavy atom. The second-order valence-electron chi connectivity index (χ2n) is 6.97. The highest BCUT2D eigenvalue weighted by atomic mass is 32.3. The second-order valence-corrected chi connectivity index (χ2v) is 7.97. The number of ether oxygens (including phenoxy) is 1. The number of fused-ring (bicyclic) bond motifs is 2. The highest BCUT2D eigenvalue weighted by molar-refractivity contribution is 7.80. The molecule has 4 amide bonds. The molecule has 0 saturated carbocycles. The van der Waals surface area contributed by atoms with Crippen LogP contribution in [0.3, 0.4) is 0 Å². The number of nitrogens with zero attached hydrogens (tertiary/aromatic N) is 2. The van der Waals surface area contributed by atoms with E-state index in [1.807, 2.05) is 0 Å². The number of amides is 4. The summed E-state index contributed by atoms with van der Waals surface area (Å²) in [6.45, 7) is 0.660. The summed E-state index contributed by atoms with van der Waals surface area (Å²) in [5.41, 5.74) is 10.6. The van der Waals surface area contributed by atoms with Gasteiger partial charge in [-0.05, 0) is 18.9 Å². The summed E-state index contributed by atoms with van der Waals surface area (Å²) >= 11 is 0. The van der Waals surface area contributed by atoms with Crippen LogP contribution in [0, 0.1) is 0 Å². The molecular formula is C17H23N5O8S. The zero-order chi connectivity index (χ0) is 22.6. The number of piperidine rings is 1. The monoisotopic (exact) mass is 457 g/mol. The average Bonchev–Trinajstić information content (AvgIpc) is 2.95. The standard InChI is InChI=1S/C17H23N5O8S/c18-7-8-29-14-4-2-1-3-11(14)9-15(23)19-20-16(24)13-6-5-12-10-21(13)17(25)22(12)30-31(26,27)28/h1-4,12-13H,5-10,18H2,(H,19,23)(H,20,24)(H,26,27,28)/t12-,13+/m1/s1. The third kappa shape index (κ3) is 5.61. The Hall–Kier alpha value is -2.94. The number of rotatable bonds is 8. The number of urea groups is 1. The van der Waals surface area contributed by atoms with Crippen molar-refractivity contribution in [3.63, 3.8) is 0 Å². The highest BCUT2D eigenvalue weighted by Crippen LogP contribution is 2.30. The molecule has 2 saturated heterocycles. The first kappa shape index (κ1) is 22.7. The summed E-state index contributed by atoms with van der Waals surface area (Å²) in [6, 6.07) is 4.51. The Balaban J connectivity index is 1.55. The van der Waals surface area contributed by atoms with Crippen molar-refractivity contribution in [1.29, 1.82) is 0 Å². The molecule has 2 heterocycles. The van der Waals surface area contributed by atoms with E-state index in [0.29, 0.717) is 29.5 Å². The molecule has 0 unspecified atom stereocenters. The molecule has 0 aliphatic carbocycles. The summed E-state index contributed by atoms with van der Waals surface area (Å²) in [7, 11) is -4.87. The Morgan fingerprint density at radius 2 is 1.97 bits per heavy atom. The number of hydroxylamine groups is 2. The Bertz CT molecular complexity index is 956. The molecule has 2 fully saturated rings. The van der Waals surface area contributed by atoms with Crippen LogP contribution in [-0.4, -0.2) is 72.6 Å². The van der Waals surface area contributed by atoms with E-state index in [9.17, 15) is 22.8 Å². The van der Waals surface area contributed by atoms with Gasteiger partial charge >= 0.3 is 16.4 Å². The zero-order valence-electron chi connectivity index (χ0n) is 16.4. The van der Waals surface area contributed by atoms with Crippen LogP contribution in [0.25, 0.3) is 0 Å². The number of carbonyl (C=O) groups is 3. The Morgan fingerprint density at radius 1 is 1.23 bits per heavy atom. The van der Waals surface area contributed by atoms with E-state index in [1.165, 1.54) is 0 Å². The molecule has 0 aromatic heterocycles. The number of carbonyl (C=O) groups excluding carboxylic acids is 3. The minimum absolute atomic E-state index is 0.0479. The molecule has 2 atom stereocenters. The largest absolute Gasteiger partial charge is 0.492 e. The molecule has 2 aliphatic heterocycles. The first-order valence-corrected chi connectivity index (χ1v) is 10.8. The molecule has 2 aliphatic rings. The molecule has 170 valence electrons. The Labute approximate surface area is 178 Å². The quantitative estimate of drug-likeness (QED) is 0.273. The minimum Gasteiger partial charge on any atom is -0.492 e. The van der Waals surface area contributed by atoms with E-state index >= 15 is 0 Å². The van der Waals surface area contributed by atoms with Gasteiger partial charge in [0.25, 0.3) is 5.91 Å². The highest BCUT2D eigenvalue weighted by Gasteiger charge is 2.49. The number of benzene rings is 1. The topological polar surface area (TPSA) is 181 Å². The summed E-state index contributed by atoms with van der Waals surface area (Å²) in [6.07, 6.45) is 0.432. The average molecular weight is 457 g/mol. The number of hydrazine groups is 1. The molecule has 2 bridgehead atoms. The van der Waals surface area contributed by atoms with Gasteiger partial charge in [0.1, 0.15) is 18.4 Å². The summed E-state index contributed by atoms with van der Waals surface area (Å²) in [5, 5.41) is 0.541. The van der Waals surface area contributed by atoms with Gasteiger partial charge in [0.15, 0.2) is 0 Å². The SMILES string of the molecule is NCCOc1ccccc1CC(=O)NNC(=O)[C@@H]1CC[C@@H]2CN1C(=O)N2OS(=O)(=O)O. The Kier molecular flexibility index (Phi) is 6.94. The maximum atomic E-state index is 12.5. The lowest BCUT2D eigenvalue weighted by molar-refractivity contribution is -0.131. The third-order valence-electron chi connectivity index (χ3n) is 4.82. The van der Waals surface area contributed by atoms with Crippen LogP contribution in [0.1, 0.15) is 18.4 Å². The van der Waals surface area contributed by atoms with Gasteiger partial charge in [0, 0.05) is 18.7 Å². The summed E-state index contributed by atoms with van der Waals surface area (Å²) in [4.78, 5) is 38.2. The lowest BCUT2D eigenvalue weighted by Crippen LogP contribution is -2.54. The number of para-hydroxylation sites is 1. The van der Waals surface area contributed by atoms with Crippen molar-refractivity contribution in [2.75, 3.05) is 19.7 Å². The van der Waals surface area contributed by atoms with Crippen molar-refractivity contribution < 1.29 is 36.4 Å². The van der Waals surface area contributed by atoms with Crippen LogP contribution >= 0.6 is 0 Å². The molecule has 1 aromatic rings. The van der Waals surface area contributed by atoms with Crippen molar-refractivity contribution in [2.24, 2.45) is 5.73 Å². The smallest absolute Gasteiger partial charge is 0.418 e. The molecule has 0 radical (unpaired) electrons. The van der Waals surface area contributed by atoms with E-state index in [0.717, 1.165) is 4.90 Å². The van der Waals surface area contributed by atoms with Gasteiger partial charge < -0.3 is 15.4 Å². The van der Waals surface area contributed by atoms with E-state index in [2.05, 4.69) is 15.1 Å². The molecule has 0 spiro atoms. The van der Waals surface area contributed by atoms with E-state index in [1.54, 1.807) is 24.3 Å². The fourth-order valence-corrected chi connectivity index (χ4v) is 3.88. The summed E-state index contributed by atoms with van der Waals surface area (Å²) in [5.74, 6) is -0.634. The van der Waals surface area contributed by atoms with Crippen LogP contribution < -0.4 is 21.3 Å².